The van der Waals surface area contributed by atoms with Crippen molar-refractivity contribution >= 4 is 5.97 Å². The van der Waals surface area contributed by atoms with Gasteiger partial charge in [-0.1, -0.05) is 42.0 Å². The van der Waals surface area contributed by atoms with E-state index in [1.165, 1.54) is 18.2 Å². The number of carbonyl (C=O) groups is 1. The molecule has 0 unspecified atom stereocenters. The number of fused-ring (bicyclic) bond motifs is 2. The molecule has 0 radical (unpaired) electrons. The molecule has 3 aliphatic rings. The zero-order valence-electron chi connectivity index (χ0n) is 13.0. The Kier molecular flexibility index (Phi) is 3.85. The fourth-order valence-electron chi connectivity index (χ4n) is 4.01. The van der Waals surface area contributed by atoms with Crippen LogP contribution < -0.4 is 0 Å². The van der Waals surface area contributed by atoms with Crippen molar-refractivity contribution in [3.05, 3.63) is 47.5 Å². The molecular weight excluding hydrogens is 262 g/mol. The van der Waals surface area contributed by atoms with Gasteiger partial charge in [0.15, 0.2) is 0 Å². The first-order chi connectivity index (χ1) is 10.1. The van der Waals surface area contributed by atoms with E-state index in [2.05, 4.69) is 49.1 Å². The van der Waals surface area contributed by atoms with Crippen molar-refractivity contribution in [2.45, 2.75) is 32.4 Å². The Morgan fingerprint density at radius 1 is 1.33 bits per heavy atom. The van der Waals surface area contributed by atoms with E-state index in [4.69, 9.17) is 4.74 Å². The minimum absolute atomic E-state index is 0.0232. The van der Waals surface area contributed by atoms with Gasteiger partial charge in [0, 0.05) is 18.6 Å². The van der Waals surface area contributed by atoms with E-state index in [0.717, 1.165) is 13.0 Å². The Labute approximate surface area is 126 Å². The van der Waals surface area contributed by atoms with Crippen molar-refractivity contribution in [1.82, 2.24) is 4.90 Å². The van der Waals surface area contributed by atoms with Gasteiger partial charge in [0.25, 0.3) is 0 Å². The number of ether oxygens (including phenoxy) is 1. The van der Waals surface area contributed by atoms with E-state index in [-0.39, 0.29) is 17.9 Å². The average molecular weight is 285 g/mol. The Balaban J connectivity index is 1.90. The fourth-order valence-corrected chi connectivity index (χ4v) is 4.01. The number of nitrogens with zero attached hydrogens (tertiary/aromatic N) is 1. The summed E-state index contributed by atoms with van der Waals surface area (Å²) >= 11 is 0. The Bertz CT molecular complexity index is 552. The van der Waals surface area contributed by atoms with E-state index in [9.17, 15) is 4.79 Å². The van der Waals surface area contributed by atoms with Crippen molar-refractivity contribution in [2.24, 2.45) is 11.8 Å². The van der Waals surface area contributed by atoms with Gasteiger partial charge in [-0.3, -0.25) is 9.69 Å². The maximum absolute atomic E-state index is 12.1. The highest BCUT2D eigenvalue weighted by Crippen LogP contribution is 2.42. The van der Waals surface area contributed by atoms with Crippen LogP contribution in [0.5, 0.6) is 0 Å². The predicted molar refractivity (Wildman–Crippen MR) is 82.7 cm³/mol. The molecule has 4 rings (SSSR count). The second kappa shape index (κ2) is 5.64. The SMILES string of the molecule is COC(=O)[C@@H]1C[C@H]2C=C(C)[C@@H]1N([C@H](C)c1ccccc1)C2. The van der Waals surface area contributed by atoms with Crippen LogP contribution in [0.1, 0.15) is 31.9 Å². The molecule has 112 valence electrons. The Hall–Kier alpha value is -1.61. The lowest BCUT2D eigenvalue weighted by Crippen LogP contribution is -2.55. The second-order valence-corrected chi connectivity index (χ2v) is 6.26. The van der Waals surface area contributed by atoms with Crippen LogP contribution in [0, 0.1) is 11.8 Å². The molecule has 0 N–H and O–H groups in total. The molecular formula is C18H23NO2. The molecule has 0 saturated carbocycles. The molecule has 1 aliphatic carbocycles. The van der Waals surface area contributed by atoms with Crippen LogP contribution in [0.3, 0.4) is 0 Å². The normalized spacial score (nSPS) is 29.9. The van der Waals surface area contributed by atoms with Crippen molar-refractivity contribution in [2.75, 3.05) is 13.7 Å². The summed E-state index contributed by atoms with van der Waals surface area (Å²) in [7, 11) is 1.49. The number of methoxy groups -OCH3 is 1. The molecule has 0 amide bonds. The van der Waals surface area contributed by atoms with Gasteiger partial charge in [0.1, 0.15) is 0 Å². The molecule has 1 aromatic carbocycles. The highest BCUT2D eigenvalue weighted by Gasteiger charge is 2.45. The molecule has 2 heterocycles. The van der Waals surface area contributed by atoms with Gasteiger partial charge in [-0.05, 0) is 31.7 Å². The summed E-state index contributed by atoms with van der Waals surface area (Å²) in [6.45, 7) is 5.42. The van der Waals surface area contributed by atoms with Crippen molar-refractivity contribution in [1.29, 1.82) is 0 Å². The fraction of sp³-hybridized carbons (Fsp3) is 0.500. The summed E-state index contributed by atoms with van der Waals surface area (Å²) < 4.78 is 5.03. The maximum Gasteiger partial charge on any atom is 0.310 e. The Morgan fingerprint density at radius 3 is 2.67 bits per heavy atom. The van der Waals surface area contributed by atoms with Gasteiger partial charge in [0.2, 0.25) is 0 Å². The first kappa shape index (κ1) is 14.3. The number of benzene rings is 1. The van der Waals surface area contributed by atoms with E-state index in [0.29, 0.717) is 12.0 Å². The van der Waals surface area contributed by atoms with Gasteiger partial charge in [0.05, 0.1) is 13.0 Å². The van der Waals surface area contributed by atoms with Crippen LogP contribution >= 0.6 is 0 Å². The molecule has 21 heavy (non-hydrogen) atoms. The maximum atomic E-state index is 12.1. The second-order valence-electron chi connectivity index (χ2n) is 6.26. The lowest BCUT2D eigenvalue weighted by Gasteiger charge is -2.50. The summed E-state index contributed by atoms with van der Waals surface area (Å²) in [5.74, 6) is 0.373. The average Bonchev–Trinajstić information content (AvgIpc) is 2.53. The number of piperidine rings is 1. The lowest BCUT2D eigenvalue weighted by molar-refractivity contribution is -0.151. The highest BCUT2D eigenvalue weighted by molar-refractivity contribution is 5.74. The monoisotopic (exact) mass is 285 g/mol. The quantitative estimate of drug-likeness (QED) is 0.631. The van der Waals surface area contributed by atoms with E-state index in [1.807, 2.05) is 6.07 Å². The van der Waals surface area contributed by atoms with Crippen LogP contribution in [0.4, 0.5) is 0 Å². The Morgan fingerprint density at radius 2 is 2.05 bits per heavy atom. The summed E-state index contributed by atoms with van der Waals surface area (Å²) in [4.78, 5) is 14.6. The van der Waals surface area contributed by atoms with Crippen LogP contribution in [-0.2, 0) is 9.53 Å². The first-order valence-corrected chi connectivity index (χ1v) is 7.68. The van der Waals surface area contributed by atoms with Crippen LogP contribution in [-0.4, -0.2) is 30.6 Å². The third-order valence-corrected chi connectivity index (χ3v) is 4.99. The molecule has 2 bridgehead atoms. The summed E-state index contributed by atoms with van der Waals surface area (Å²) in [5.41, 5.74) is 2.62. The standard InChI is InChI=1S/C18H23NO2/c1-12-9-14-10-16(18(20)21-3)17(12)19(11-14)13(2)15-7-5-4-6-8-15/h4-9,13-14,16-17H,10-11H2,1-3H3/t13-,14-,16-,17+/m1/s1. The number of rotatable bonds is 3. The molecule has 1 fully saturated rings. The lowest BCUT2D eigenvalue weighted by atomic mass is 9.73. The van der Waals surface area contributed by atoms with Crippen LogP contribution in [0.2, 0.25) is 0 Å². The first-order valence-electron chi connectivity index (χ1n) is 7.68. The molecule has 3 heteroatoms. The summed E-state index contributed by atoms with van der Waals surface area (Å²) in [6, 6.07) is 11.0. The predicted octanol–water partition coefficient (Wildman–Crippen LogP) is 3.19. The summed E-state index contributed by atoms with van der Waals surface area (Å²) in [5, 5.41) is 0. The molecule has 4 atom stereocenters. The third kappa shape index (κ3) is 2.51. The zero-order valence-corrected chi connectivity index (χ0v) is 13.0. The number of hydrogen-bond donors (Lipinski definition) is 0. The summed E-state index contributed by atoms with van der Waals surface area (Å²) in [6.07, 6.45) is 3.27. The smallest absolute Gasteiger partial charge is 0.310 e. The van der Waals surface area contributed by atoms with Crippen LogP contribution in [0.25, 0.3) is 0 Å². The van der Waals surface area contributed by atoms with Gasteiger partial charge in [-0.15, -0.1) is 0 Å². The van der Waals surface area contributed by atoms with Gasteiger partial charge in [-0.2, -0.15) is 0 Å². The van der Waals surface area contributed by atoms with Gasteiger partial charge < -0.3 is 4.74 Å². The minimum Gasteiger partial charge on any atom is -0.469 e. The topological polar surface area (TPSA) is 29.5 Å². The molecule has 3 nitrogen and oxygen atoms in total. The van der Waals surface area contributed by atoms with E-state index < -0.39 is 0 Å². The number of esters is 1. The molecule has 0 aromatic heterocycles. The van der Waals surface area contributed by atoms with E-state index in [1.54, 1.807) is 0 Å². The van der Waals surface area contributed by atoms with Crippen molar-refractivity contribution in [3.63, 3.8) is 0 Å². The molecule has 1 saturated heterocycles. The highest BCUT2D eigenvalue weighted by atomic mass is 16.5. The number of hydrogen-bond acceptors (Lipinski definition) is 3. The molecule has 0 spiro atoms. The minimum atomic E-state index is -0.0672. The van der Waals surface area contributed by atoms with Crippen LogP contribution in [0.15, 0.2) is 42.0 Å². The number of carbonyl (C=O) groups excluding carboxylic acids is 1. The van der Waals surface area contributed by atoms with Crippen molar-refractivity contribution in [3.8, 4) is 0 Å². The van der Waals surface area contributed by atoms with Gasteiger partial charge in [-0.25, -0.2) is 0 Å². The third-order valence-electron chi connectivity index (χ3n) is 4.99. The molecule has 1 aromatic rings. The van der Waals surface area contributed by atoms with Gasteiger partial charge >= 0.3 is 5.97 Å². The zero-order chi connectivity index (χ0) is 15.0. The van der Waals surface area contributed by atoms with E-state index >= 15 is 0 Å². The van der Waals surface area contributed by atoms with Crippen molar-refractivity contribution < 1.29 is 9.53 Å². The largest absolute Gasteiger partial charge is 0.469 e. The molecule has 2 aliphatic heterocycles.